The van der Waals surface area contributed by atoms with Crippen molar-refractivity contribution in [3.05, 3.63) is 29.8 Å². The van der Waals surface area contributed by atoms with Crippen molar-refractivity contribution in [3.63, 3.8) is 0 Å². The molecule has 21 heavy (non-hydrogen) atoms. The maximum Gasteiger partial charge on any atom is 0.325 e. The summed E-state index contributed by atoms with van der Waals surface area (Å²) < 4.78 is 9.99. The van der Waals surface area contributed by atoms with Crippen LogP contribution in [0.5, 0.6) is 5.75 Å². The van der Waals surface area contributed by atoms with Crippen LogP contribution in [-0.4, -0.2) is 31.6 Å². The van der Waals surface area contributed by atoms with Gasteiger partial charge in [0.05, 0.1) is 7.11 Å². The van der Waals surface area contributed by atoms with E-state index in [1.54, 1.807) is 6.92 Å². The van der Waals surface area contributed by atoms with Gasteiger partial charge in [-0.1, -0.05) is 32.9 Å². The van der Waals surface area contributed by atoms with Crippen LogP contribution in [0.2, 0.25) is 0 Å². The Morgan fingerprint density at radius 1 is 1.19 bits per heavy atom. The summed E-state index contributed by atoms with van der Waals surface area (Å²) in [6.07, 6.45) is -0.685. The van der Waals surface area contributed by atoms with E-state index >= 15 is 0 Å². The third kappa shape index (κ3) is 5.45. The summed E-state index contributed by atoms with van der Waals surface area (Å²) >= 11 is 0. The minimum Gasteiger partial charge on any atom is -0.481 e. The predicted octanol–water partition coefficient (Wildman–Crippen LogP) is 2.04. The molecule has 0 spiro atoms. The molecular formula is C16H23NO4. The molecule has 5 heteroatoms. The van der Waals surface area contributed by atoms with Gasteiger partial charge in [0.25, 0.3) is 5.91 Å². The number of methoxy groups -OCH3 is 1. The fourth-order valence-electron chi connectivity index (χ4n) is 1.67. The molecule has 5 nitrogen and oxygen atoms in total. The maximum atomic E-state index is 11.8. The van der Waals surface area contributed by atoms with Crippen molar-refractivity contribution in [2.45, 2.75) is 39.2 Å². The van der Waals surface area contributed by atoms with E-state index in [-0.39, 0.29) is 17.9 Å². The summed E-state index contributed by atoms with van der Waals surface area (Å²) in [5.74, 6) is -0.242. The summed E-state index contributed by atoms with van der Waals surface area (Å²) in [4.78, 5) is 22.7. The van der Waals surface area contributed by atoms with Crippen LogP contribution < -0.4 is 10.1 Å². The van der Waals surface area contributed by atoms with Gasteiger partial charge in [-0.2, -0.15) is 0 Å². The van der Waals surface area contributed by atoms with Crippen LogP contribution >= 0.6 is 0 Å². The van der Waals surface area contributed by atoms with E-state index in [1.165, 1.54) is 12.7 Å². The summed E-state index contributed by atoms with van der Waals surface area (Å²) in [7, 11) is 1.27. The van der Waals surface area contributed by atoms with Gasteiger partial charge in [-0.05, 0) is 30.0 Å². The number of ether oxygens (including phenoxy) is 2. The predicted molar refractivity (Wildman–Crippen MR) is 80.3 cm³/mol. The molecule has 0 saturated carbocycles. The number of rotatable bonds is 5. The topological polar surface area (TPSA) is 64.6 Å². The molecule has 0 bridgehead atoms. The molecule has 0 aromatic heterocycles. The second-order valence-corrected chi connectivity index (χ2v) is 5.83. The van der Waals surface area contributed by atoms with E-state index < -0.39 is 12.1 Å². The number of nitrogens with one attached hydrogen (secondary N) is 1. The number of esters is 1. The van der Waals surface area contributed by atoms with Crippen LogP contribution in [0, 0.1) is 0 Å². The van der Waals surface area contributed by atoms with Crippen molar-refractivity contribution in [3.8, 4) is 5.75 Å². The summed E-state index contributed by atoms with van der Waals surface area (Å²) in [6.45, 7) is 7.86. The molecule has 0 aliphatic rings. The summed E-state index contributed by atoms with van der Waals surface area (Å²) in [6, 6.07) is 7.64. The minimum atomic E-state index is -0.685. The Labute approximate surface area is 125 Å². The molecule has 1 aromatic rings. The molecule has 116 valence electrons. The van der Waals surface area contributed by atoms with Crippen molar-refractivity contribution >= 4 is 11.9 Å². The standard InChI is InChI=1S/C16H23NO4/c1-11(15(19)17-10-14(18)20-5)21-13-8-6-12(7-9-13)16(2,3)4/h6-9,11H,10H2,1-5H3,(H,17,19). The first-order valence-electron chi connectivity index (χ1n) is 6.85. The van der Waals surface area contributed by atoms with E-state index in [0.717, 1.165) is 0 Å². The lowest BCUT2D eigenvalue weighted by atomic mass is 9.87. The third-order valence-corrected chi connectivity index (χ3v) is 3.04. The lowest BCUT2D eigenvalue weighted by Gasteiger charge is -2.20. The average molecular weight is 293 g/mol. The fraction of sp³-hybridized carbons (Fsp3) is 0.500. The Balaban J connectivity index is 2.56. The normalized spacial score (nSPS) is 12.4. The molecule has 1 rings (SSSR count). The molecule has 1 aromatic carbocycles. The lowest BCUT2D eigenvalue weighted by Crippen LogP contribution is -2.39. The first kappa shape index (κ1) is 17.0. The van der Waals surface area contributed by atoms with Crippen LogP contribution in [-0.2, 0) is 19.7 Å². The zero-order chi connectivity index (χ0) is 16.0. The van der Waals surface area contributed by atoms with Crippen molar-refractivity contribution in [2.75, 3.05) is 13.7 Å². The number of hydrogen-bond acceptors (Lipinski definition) is 4. The van der Waals surface area contributed by atoms with Crippen LogP contribution in [0.25, 0.3) is 0 Å². The second kappa shape index (κ2) is 7.11. The average Bonchev–Trinajstić information content (AvgIpc) is 2.43. The van der Waals surface area contributed by atoms with Gasteiger partial charge in [-0.3, -0.25) is 9.59 Å². The summed E-state index contributed by atoms with van der Waals surface area (Å²) in [5, 5.41) is 2.45. The van der Waals surface area contributed by atoms with Crippen LogP contribution in [0.1, 0.15) is 33.3 Å². The molecule has 0 aliphatic heterocycles. The molecule has 0 aliphatic carbocycles. The Kier molecular flexibility index (Phi) is 5.76. The number of benzene rings is 1. The van der Waals surface area contributed by atoms with Crippen molar-refractivity contribution in [1.29, 1.82) is 0 Å². The van der Waals surface area contributed by atoms with Gasteiger partial charge in [-0.15, -0.1) is 0 Å². The fourth-order valence-corrected chi connectivity index (χ4v) is 1.67. The largest absolute Gasteiger partial charge is 0.481 e. The third-order valence-electron chi connectivity index (χ3n) is 3.04. The zero-order valence-electron chi connectivity index (χ0n) is 13.2. The van der Waals surface area contributed by atoms with E-state index in [0.29, 0.717) is 5.75 Å². The molecule has 1 atom stereocenters. The van der Waals surface area contributed by atoms with Crippen molar-refractivity contribution in [2.24, 2.45) is 0 Å². The molecule has 1 N–H and O–H groups in total. The number of amides is 1. The maximum absolute atomic E-state index is 11.8. The molecule has 1 amide bonds. The van der Waals surface area contributed by atoms with Crippen LogP contribution in [0.3, 0.4) is 0 Å². The Bertz CT molecular complexity index is 488. The molecule has 0 heterocycles. The first-order chi connectivity index (χ1) is 9.74. The highest BCUT2D eigenvalue weighted by molar-refractivity contribution is 5.84. The molecule has 0 fully saturated rings. The molecule has 1 unspecified atom stereocenters. The zero-order valence-corrected chi connectivity index (χ0v) is 13.2. The highest BCUT2D eigenvalue weighted by Gasteiger charge is 2.17. The van der Waals surface area contributed by atoms with Gasteiger partial charge in [0.2, 0.25) is 0 Å². The van der Waals surface area contributed by atoms with Gasteiger partial charge in [0, 0.05) is 0 Å². The summed E-state index contributed by atoms with van der Waals surface area (Å²) in [5.41, 5.74) is 1.26. The first-order valence-corrected chi connectivity index (χ1v) is 6.85. The molecule has 0 radical (unpaired) electrons. The van der Waals surface area contributed by atoms with E-state index in [9.17, 15) is 9.59 Å². The smallest absolute Gasteiger partial charge is 0.325 e. The Hall–Kier alpha value is -2.04. The lowest BCUT2D eigenvalue weighted by molar-refractivity contribution is -0.141. The van der Waals surface area contributed by atoms with Gasteiger partial charge in [-0.25, -0.2) is 0 Å². The number of carbonyl (C=O) groups excluding carboxylic acids is 2. The molecular weight excluding hydrogens is 270 g/mol. The van der Waals surface area contributed by atoms with E-state index in [1.807, 2.05) is 24.3 Å². The number of hydrogen-bond donors (Lipinski definition) is 1. The molecule has 0 saturated heterocycles. The van der Waals surface area contributed by atoms with E-state index in [4.69, 9.17) is 4.74 Å². The highest BCUT2D eigenvalue weighted by Crippen LogP contribution is 2.24. The Morgan fingerprint density at radius 2 is 1.76 bits per heavy atom. The van der Waals surface area contributed by atoms with Gasteiger partial charge in [0.1, 0.15) is 12.3 Å². The number of carbonyl (C=O) groups is 2. The highest BCUT2D eigenvalue weighted by atomic mass is 16.5. The van der Waals surface area contributed by atoms with Crippen molar-refractivity contribution < 1.29 is 19.1 Å². The van der Waals surface area contributed by atoms with E-state index in [2.05, 4.69) is 30.8 Å². The Morgan fingerprint density at radius 3 is 2.24 bits per heavy atom. The van der Waals surface area contributed by atoms with Gasteiger partial charge in [0.15, 0.2) is 6.10 Å². The van der Waals surface area contributed by atoms with Crippen LogP contribution in [0.15, 0.2) is 24.3 Å². The van der Waals surface area contributed by atoms with Crippen LogP contribution in [0.4, 0.5) is 0 Å². The van der Waals surface area contributed by atoms with Gasteiger partial charge < -0.3 is 14.8 Å². The van der Waals surface area contributed by atoms with Crippen molar-refractivity contribution in [1.82, 2.24) is 5.32 Å². The SMILES string of the molecule is COC(=O)CNC(=O)C(C)Oc1ccc(C(C)(C)C)cc1. The van der Waals surface area contributed by atoms with Gasteiger partial charge >= 0.3 is 5.97 Å². The monoisotopic (exact) mass is 293 g/mol. The quantitative estimate of drug-likeness (QED) is 0.844. The second-order valence-electron chi connectivity index (χ2n) is 5.83. The minimum absolute atomic E-state index is 0.0715.